The maximum Gasteiger partial charge on any atom is 0.224 e. The first kappa shape index (κ1) is 26.2. The monoisotopic (exact) mass is 535 g/mol. The van der Waals surface area contributed by atoms with Gasteiger partial charge in [-0.05, 0) is 57.5 Å². The molecule has 166 valence electrons. The van der Waals surface area contributed by atoms with Crippen LogP contribution >= 0.6 is 35.3 Å². The molecule has 1 saturated heterocycles. The second-order valence-corrected chi connectivity index (χ2v) is 8.32. The summed E-state index contributed by atoms with van der Waals surface area (Å²) in [6.07, 6.45) is 2.99. The normalized spacial score (nSPS) is 17.5. The molecule has 0 bridgehead atoms. The van der Waals surface area contributed by atoms with Crippen LogP contribution in [0.5, 0.6) is 0 Å². The Bertz CT molecular complexity index is 592. The molecule has 1 amide bonds. The number of likely N-dealkylation sites (tertiary alicyclic amines) is 1. The summed E-state index contributed by atoms with van der Waals surface area (Å²) in [6.45, 7) is 13.3. The van der Waals surface area contributed by atoms with Crippen molar-refractivity contribution in [3.63, 3.8) is 0 Å². The van der Waals surface area contributed by atoms with Crippen LogP contribution in [0.25, 0.3) is 0 Å². The summed E-state index contributed by atoms with van der Waals surface area (Å²) in [4.78, 5) is 22.8. The Kier molecular flexibility index (Phi) is 13.5. The fourth-order valence-corrected chi connectivity index (χ4v) is 4.40. The zero-order valence-electron chi connectivity index (χ0n) is 18.2. The van der Waals surface area contributed by atoms with Gasteiger partial charge in [0.2, 0.25) is 5.91 Å². The number of rotatable bonds is 10. The van der Waals surface area contributed by atoms with Crippen molar-refractivity contribution in [2.24, 2.45) is 10.9 Å². The van der Waals surface area contributed by atoms with Crippen molar-refractivity contribution < 1.29 is 4.79 Å². The number of hydrogen-bond acceptors (Lipinski definition) is 4. The van der Waals surface area contributed by atoms with E-state index >= 15 is 0 Å². The zero-order valence-corrected chi connectivity index (χ0v) is 21.3. The molecule has 0 aromatic carbocycles. The van der Waals surface area contributed by atoms with Crippen LogP contribution in [0.4, 0.5) is 0 Å². The number of carbonyl (C=O) groups excluding carboxylic acids is 1. The molecule has 1 aliphatic rings. The molecule has 8 heteroatoms. The highest BCUT2D eigenvalue weighted by molar-refractivity contribution is 14.0. The lowest BCUT2D eigenvalue weighted by Crippen LogP contribution is -2.41. The smallest absolute Gasteiger partial charge is 0.224 e. The number of nitrogens with one attached hydrogen (secondary N) is 2. The SMILES string of the molecule is CCNC(=NCC1CCCN(Cc2cccs2)C1)NCCC(=O)N(CC)CC.I. The number of amides is 1. The average Bonchev–Trinajstić information content (AvgIpc) is 3.20. The maximum absolute atomic E-state index is 12.1. The van der Waals surface area contributed by atoms with Crippen LogP contribution in [0.2, 0.25) is 0 Å². The molecule has 1 atom stereocenters. The lowest BCUT2D eigenvalue weighted by molar-refractivity contribution is -0.130. The number of aliphatic imine (C=N–C) groups is 1. The fraction of sp³-hybridized carbons (Fsp3) is 0.714. The first-order chi connectivity index (χ1) is 13.7. The Hall–Kier alpha value is -0.870. The van der Waals surface area contributed by atoms with E-state index in [0.29, 0.717) is 18.9 Å². The summed E-state index contributed by atoms with van der Waals surface area (Å²) in [5.41, 5.74) is 0. The minimum atomic E-state index is 0. The number of piperidine rings is 1. The van der Waals surface area contributed by atoms with Gasteiger partial charge in [-0.25, -0.2) is 0 Å². The van der Waals surface area contributed by atoms with Crippen molar-refractivity contribution in [1.82, 2.24) is 20.4 Å². The Balaban J connectivity index is 0.00000420. The van der Waals surface area contributed by atoms with Crippen molar-refractivity contribution in [2.45, 2.75) is 46.6 Å². The summed E-state index contributed by atoms with van der Waals surface area (Å²) in [5.74, 6) is 1.62. The second kappa shape index (κ2) is 15.0. The molecular weight excluding hydrogens is 497 g/mol. The average molecular weight is 536 g/mol. The van der Waals surface area contributed by atoms with E-state index in [-0.39, 0.29) is 29.9 Å². The summed E-state index contributed by atoms with van der Waals surface area (Å²) in [6, 6.07) is 4.35. The number of hydrogen-bond donors (Lipinski definition) is 2. The van der Waals surface area contributed by atoms with Gasteiger partial charge < -0.3 is 15.5 Å². The van der Waals surface area contributed by atoms with Gasteiger partial charge in [-0.15, -0.1) is 35.3 Å². The second-order valence-electron chi connectivity index (χ2n) is 7.29. The molecule has 0 radical (unpaired) electrons. The zero-order chi connectivity index (χ0) is 20.2. The van der Waals surface area contributed by atoms with Gasteiger partial charge in [0.25, 0.3) is 0 Å². The van der Waals surface area contributed by atoms with Crippen molar-refractivity contribution >= 4 is 47.2 Å². The van der Waals surface area contributed by atoms with Gasteiger partial charge >= 0.3 is 0 Å². The third kappa shape index (κ3) is 9.65. The first-order valence-corrected chi connectivity index (χ1v) is 11.6. The lowest BCUT2D eigenvalue weighted by Gasteiger charge is -2.31. The fourth-order valence-electron chi connectivity index (χ4n) is 3.65. The standard InChI is InChI=1S/C21H37N5OS.HI/c1-4-22-21(23-12-11-20(27)26(5-2)6-3)24-15-18-9-7-13-25(16-18)17-19-10-8-14-28-19;/h8,10,14,18H,4-7,9,11-13,15-17H2,1-3H3,(H2,22,23,24);1H. The largest absolute Gasteiger partial charge is 0.357 e. The van der Waals surface area contributed by atoms with E-state index in [4.69, 9.17) is 4.99 Å². The van der Waals surface area contributed by atoms with Crippen LogP contribution in [0.1, 0.15) is 44.9 Å². The number of carbonyl (C=O) groups is 1. The highest BCUT2D eigenvalue weighted by Gasteiger charge is 2.20. The maximum atomic E-state index is 12.1. The van der Waals surface area contributed by atoms with Crippen LogP contribution in [-0.4, -0.2) is 67.5 Å². The molecule has 1 fully saturated rings. The lowest BCUT2D eigenvalue weighted by atomic mass is 9.98. The van der Waals surface area contributed by atoms with Crippen LogP contribution in [-0.2, 0) is 11.3 Å². The van der Waals surface area contributed by atoms with E-state index in [2.05, 4.69) is 40.0 Å². The van der Waals surface area contributed by atoms with E-state index in [0.717, 1.165) is 45.2 Å². The molecule has 2 N–H and O–H groups in total. The van der Waals surface area contributed by atoms with Crippen LogP contribution in [0, 0.1) is 5.92 Å². The summed E-state index contributed by atoms with van der Waals surface area (Å²) < 4.78 is 0. The van der Waals surface area contributed by atoms with Gasteiger partial charge in [0, 0.05) is 57.1 Å². The van der Waals surface area contributed by atoms with Crippen molar-refractivity contribution in [3.8, 4) is 0 Å². The molecule has 6 nitrogen and oxygen atoms in total. The van der Waals surface area contributed by atoms with E-state index in [1.807, 2.05) is 30.1 Å². The molecule has 0 aliphatic carbocycles. The first-order valence-electron chi connectivity index (χ1n) is 10.7. The number of thiophene rings is 1. The van der Waals surface area contributed by atoms with Gasteiger partial charge in [-0.1, -0.05) is 6.07 Å². The molecule has 0 saturated carbocycles. The van der Waals surface area contributed by atoms with Crippen LogP contribution in [0.15, 0.2) is 22.5 Å². The van der Waals surface area contributed by atoms with Crippen molar-refractivity contribution in [1.29, 1.82) is 0 Å². The van der Waals surface area contributed by atoms with Gasteiger partial charge in [-0.3, -0.25) is 14.7 Å². The molecule has 1 aromatic heterocycles. The third-order valence-electron chi connectivity index (χ3n) is 5.16. The number of guanidine groups is 1. The van der Waals surface area contributed by atoms with E-state index in [1.165, 1.54) is 24.3 Å². The third-order valence-corrected chi connectivity index (χ3v) is 6.02. The van der Waals surface area contributed by atoms with Gasteiger partial charge in [-0.2, -0.15) is 0 Å². The van der Waals surface area contributed by atoms with Crippen LogP contribution in [0.3, 0.4) is 0 Å². The highest BCUT2D eigenvalue weighted by atomic mass is 127. The molecule has 0 spiro atoms. The summed E-state index contributed by atoms with van der Waals surface area (Å²) in [5, 5.41) is 8.78. The van der Waals surface area contributed by atoms with E-state index in [1.54, 1.807) is 0 Å². The molecule has 29 heavy (non-hydrogen) atoms. The minimum Gasteiger partial charge on any atom is -0.357 e. The van der Waals surface area contributed by atoms with Crippen molar-refractivity contribution in [2.75, 3.05) is 45.8 Å². The quantitative estimate of drug-likeness (QED) is 0.274. The predicted molar refractivity (Wildman–Crippen MR) is 134 cm³/mol. The topological polar surface area (TPSA) is 60.0 Å². The number of halogens is 1. The highest BCUT2D eigenvalue weighted by Crippen LogP contribution is 2.20. The van der Waals surface area contributed by atoms with E-state index in [9.17, 15) is 4.79 Å². The van der Waals surface area contributed by atoms with Gasteiger partial charge in [0.1, 0.15) is 0 Å². The Morgan fingerprint density at radius 3 is 2.76 bits per heavy atom. The Morgan fingerprint density at radius 2 is 2.10 bits per heavy atom. The molecular formula is C21H38IN5OS. The predicted octanol–water partition coefficient (Wildman–Crippen LogP) is 3.39. The molecule has 2 rings (SSSR count). The Labute approximate surface area is 197 Å². The molecule has 1 aliphatic heterocycles. The Morgan fingerprint density at radius 1 is 1.31 bits per heavy atom. The summed E-state index contributed by atoms with van der Waals surface area (Å²) >= 11 is 1.84. The molecule has 1 aromatic rings. The molecule has 1 unspecified atom stereocenters. The van der Waals surface area contributed by atoms with Crippen molar-refractivity contribution in [3.05, 3.63) is 22.4 Å². The summed E-state index contributed by atoms with van der Waals surface area (Å²) in [7, 11) is 0. The number of nitrogens with zero attached hydrogens (tertiary/aromatic N) is 3. The van der Waals surface area contributed by atoms with E-state index < -0.39 is 0 Å². The van der Waals surface area contributed by atoms with Crippen LogP contribution < -0.4 is 10.6 Å². The van der Waals surface area contributed by atoms with Gasteiger partial charge in [0.05, 0.1) is 0 Å². The van der Waals surface area contributed by atoms with Gasteiger partial charge in [0.15, 0.2) is 5.96 Å². The molecule has 2 heterocycles. The minimum absolute atomic E-state index is 0.